The molecule has 15 heavy (non-hydrogen) atoms. The van der Waals surface area contributed by atoms with Gasteiger partial charge in [0.1, 0.15) is 0 Å². The Labute approximate surface area is 85.4 Å². The Hall–Kier alpha value is -0.450. The maximum atomic E-state index is 11.4. The molecule has 2 unspecified atom stereocenters. The quantitative estimate of drug-likeness (QED) is 0.367. The highest BCUT2D eigenvalue weighted by Crippen LogP contribution is 2.73. The zero-order chi connectivity index (χ0) is 12.1. The van der Waals surface area contributed by atoms with E-state index in [1.54, 1.807) is 0 Å². The number of esters is 1. The van der Waals surface area contributed by atoms with Gasteiger partial charge in [0.2, 0.25) is 0 Å². The van der Waals surface area contributed by atoms with Crippen LogP contribution >= 0.6 is 15.0 Å². The molecular weight excluding hydrogens is 246 g/mol. The Morgan fingerprint density at radius 2 is 1.87 bits per heavy atom. The molecule has 1 fully saturated rings. The Kier molecular flexibility index (Phi) is 2.75. The molecule has 0 aromatic carbocycles. The smallest absolute Gasteiger partial charge is 0.379 e. The van der Waals surface area contributed by atoms with Crippen LogP contribution in [0.3, 0.4) is 0 Å². The van der Waals surface area contributed by atoms with Gasteiger partial charge in [0.25, 0.3) is 12.5 Å². The summed E-state index contributed by atoms with van der Waals surface area (Å²) in [6.07, 6.45) is -0.639. The van der Waals surface area contributed by atoms with E-state index in [-0.39, 0.29) is 5.57 Å². The van der Waals surface area contributed by atoms with Crippen LogP contribution in [0.1, 0.15) is 6.42 Å². The number of ether oxygens (including phenoxy) is 1. The van der Waals surface area contributed by atoms with Crippen molar-refractivity contribution in [1.82, 2.24) is 0 Å². The molecule has 0 saturated carbocycles. The van der Waals surface area contributed by atoms with E-state index in [1.165, 1.54) is 0 Å². The molecular formula is C6H10O7P2. The van der Waals surface area contributed by atoms with Crippen LogP contribution in [-0.2, 0) is 18.7 Å². The lowest BCUT2D eigenvalue weighted by atomic mass is 10.3. The zero-order valence-electron chi connectivity index (χ0n) is 7.78. The fraction of sp³-hybridized carbons (Fsp3) is 0.500. The van der Waals surface area contributed by atoms with Gasteiger partial charge in [-0.1, -0.05) is 6.58 Å². The average Bonchev–Trinajstić information content (AvgIpc) is 2.26. The molecule has 0 aromatic heterocycles. The predicted molar refractivity (Wildman–Crippen MR) is 50.4 cm³/mol. The van der Waals surface area contributed by atoms with Gasteiger partial charge >= 0.3 is 13.6 Å². The number of carbonyl (C=O) groups is 1. The minimum Gasteiger partial charge on any atom is -0.432 e. The molecule has 1 rings (SSSR count). The van der Waals surface area contributed by atoms with Crippen molar-refractivity contribution in [3.8, 4) is 0 Å². The van der Waals surface area contributed by atoms with Gasteiger partial charge in [0.15, 0.2) is 0 Å². The summed E-state index contributed by atoms with van der Waals surface area (Å²) in [5.41, 5.74) is -0.227. The summed E-state index contributed by atoms with van der Waals surface area (Å²) < 4.78 is 26.9. The Bertz CT molecular complexity index is 373. The van der Waals surface area contributed by atoms with Crippen molar-refractivity contribution in [3.05, 3.63) is 12.2 Å². The lowest BCUT2D eigenvalue weighted by Gasteiger charge is -2.29. The van der Waals surface area contributed by atoms with Crippen molar-refractivity contribution in [2.45, 2.75) is 11.5 Å². The second-order valence-electron chi connectivity index (χ2n) is 3.34. The van der Waals surface area contributed by atoms with Crippen molar-refractivity contribution >= 4 is 20.9 Å². The molecule has 7 nitrogen and oxygen atoms in total. The molecule has 0 amide bonds. The molecule has 1 heterocycles. The van der Waals surface area contributed by atoms with Gasteiger partial charge in [-0.25, -0.2) is 4.79 Å². The van der Waals surface area contributed by atoms with Crippen LogP contribution in [0.2, 0.25) is 0 Å². The highest BCUT2D eigenvalue weighted by Gasteiger charge is 2.65. The summed E-state index contributed by atoms with van der Waals surface area (Å²) in [6.45, 7) is 3.94. The van der Waals surface area contributed by atoms with E-state index in [0.717, 1.165) is 6.66 Å². The molecule has 86 valence electrons. The van der Waals surface area contributed by atoms with Crippen molar-refractivity contribution in [1.29, 1.82) is 0 Å². The summed E-state index contributed by atoms with van der Waals surface area (Å²) in [7, 11) is -9.37. The lowest BCUT2D eigenvalue weighted by Crippen LogP contribution is -2.28. The molecule has 3 N–H and O–H groups in total. The molecule has 1 saturated heterocycles. The van der Waals surface area contributed by atoms with Crippen molar-refractivity contribution in [2.75, 3.05) is 6.66 Å². The first kappa shape index (κ1) is 12.6. The topological polar surface area (TPSA) is 121 Å². The molecule has 0 aromatic rings. The Morgan fingerprint density at radius 3 is 2.00 bits per heavy atom. The fourth-order valence-corrected chi connectivity index (χ4v) is 4.51. The maximum Gasteiger partial charge on any atom is 0.379 e. The third-order valence-electron chi connectivity index (χ3n) is 2.09. The summed E-state index contributed by atoms with van der Waals surface area (Å²) in [5.74, 6) is -1.06. The monoisotopic (exact) mass is 256 g/mol. The standard InChI is InChI=1S/C6H10O7P2/c1-4-3-6(13-5(4)7,14(2,8)9)15(10,11)12/h1,3H2,2H3,(H,8,9)(H2,10,11,12). The Morgan fingerprint density at radius 1 is 1.40 bits per heavy atom. The highest BCUT2D eigenvalue weighted by molar-refractivity contribution is 7.74. The predicted octanol–water partition coefficient (Wildman–Crippen LogP) is 0.221. The first-order valence-electron chi connectivity index (χ1n) is 3.78. The number of cyclic esters (lactones) is 1. The van der Waals surface area contributed by atoms with Gasteiger partial charge in [-0.05, 0) is 0 Å². The minimum absolute atomic E-state index is 0.227. The van der Waals surface area contributed by atoms with E-state index in [1.807, 2.05) is 0 Å². The van der Waals surface area contributed by atoms with E-state index in [9.17, 15) is 18.8 Å². The van der Waals surface area contributed by atoms with Gasteiger partial charge in [-0.15, -0.1) is 0 Å². The molecule has 0 radical (unpaired) electrons. The van der Waals surface area contributed by atoms with E-state index < -0.39 is 32.4 Å². The van der Waals surface area contributed by atoms with Crippen LogP contribution in [0.15, 0.2) is 12.2 Å². The fourth-order valence-electron chi connectivity index (χ4n) is 1.24. The van der Waals surface area contributed by atoms with E-state index in [2.05, 4.69) is 11.3 Å². The molecule has 1 aliphatic heterocycles. The van der Waals surface area contributed by atoms with Crippen LogP contribution < -0.4 is 0 Å². The molecule has 9 heteroatoms. The van der Waals surface area contributed by atoms with Gasteiger partial charge < -0.3 is 19.4 Å². The number of hydrogen-bond donors (Lipinski definition) is 3. The summed E-state index contributed by atoms with van der Waals surface area (Å²) >= 11 is 0. The van der Waals surface area contributed by atoms with Gasteiger partial charge in [0, 0.05) is 18.7 Å². The largest absolute Gasteiger partial charge is 0.432 e. The van der Waals surface area contributed by atoms with Gasteiger partial charge in [-0.2, -0.15) is 0 Å². The van der Waals surface area contributed by atoms with E-state index >= 15 is 0 Å². The zero-order valence-corrected chi connectivity index (χ0v) is 9.57. The number of rotatable bonds is 2. The average molecular weight is 256 g/mol. The molecule has 0 aliphatic carbocycles. The lowest BCUT2D eigenvalue weighted by molar-refractivity contribution is -0.138. The molecule has 2 atom stereocenters. The first-order valence-corrected chi connectivity index (χ1v) is 7.50. The molecule has 0 spiro atoms. The first-order chi connectivity index (χ1) is 6.51. The second kappa shape index (κ2) is 3.27. The van der Waals surface area contributed by atoms with Crippen LogP contribution in [-0.4, -0.2) is 32.4 Å². The summed E-state index contributed by atoms with van der Waals surface area (Å²) in [5, 5.41) is -2.66. The molecule has 0 bridgehead atoms. The van der Waals surface area contributed by atoms with Crippen molar-refractivity contribution < 1.29 is 33.3 Å². The van der Waals surface area contributed by atoms with Crippen LogP contribution in [0.25, 0.3) is 0 Å². The minimum atomic E-state index is -5.06. The Balaban J connectivity index is 3.37. The highest BCUT2D eigenvalue weighted by atomic mass is 31.2. The maximum absolute atomic E-state index is 11.4. The van der Waals surface area contributed by atoms with Crippen LogP contribution in [0.4, 0.5) is 0 Å². The van der Waals surface area contributed by atoms with Crippen molar-refractivity contribution in [3.63, 3.8) is 0 Å². The van der Waals surface area contributed by atoms with Gasteiger partial charge in [-0.3, -0.25) is 9.13 Å². The van der Waals surface area contributed by atoms with Crippen molar-refractivity contribution in [2.24, 2.45) is 0 Å². The van der Waals surface area contributed by atoms with E-state index in [4.69, 9.17) is 9.79 Å². The normalized spacial score (nSPS) is 31.2. The molecule has 1 aliphatic rings. The van der Waals surface area contributed by atoms with Crippen LogP contribution in [0, 0.1) is 0 Å². The third-order valence-corrected chi connectivity index (χ3v) is 6.69. The van der Waals surface area contributed by atoms with Crippen LogP contribution in [0.5, 0.6) is 0 Å². The van der Waals surface area contributed by atoms with Gasteiger partial charge in [0.05, 0.1) is 0 Å². The summed E-state index contributed by atoms with van der Waals surface area (Å²) in [4.78, 5) is 38.3. The summed E-state index contributed by atoms with van der Waals surface area (Å²) in [6, 6.07) is 0. The van der Waals surface area contributed by atoms with E-state index in [0.29, 0.717) is 0 Å². The number of hydrogen-bond acceptors (Lipinski definition) is 4. The second-order valence-corrected chi connectivity index (χ2v) is 7.98. The SMILES string of the molecule is C=C1CC(P(C)(=O)O)(P(=O)(O)O)OC1=O. The third kappa shape index (κ3) is 1.82. The number of carbonyl (C=O) groups excluding carboxylic acids is 1.